The number of rotatable bonds is 3. The van der Waals surface area contributed by atoms with E-state index in [1.54, 1.807) is 6.08 Å². The highest BCUT2D eigenvalue weighted by atomic mass is 14.6. The summed E-state index contributed by atoms with van der Waals surface area (Å²) in [6, 6.07) is 0. The van der Waals surface area contributed by atoms with Gasteiger partial charge in [-0.05, 0) is 18.4 Å². The molecular weight excluding hydrogens is 110 g/mol. The predicted octanol–water partition coefficient (Wildman–Crippen LogP) is 2.06. The van der Waals surface area contributed by atoms with Gasteiger partial charge in [0, 0.05) is 5.70 Å². The normalized spacial score (nSPS) is 12.1. The van der Waals surface area contributed by atoms with Gasteiger partial charge in [0.25, 0.3) is 0 Å². The van der Waals surface area contributed by atoms with Gasteiger partial charge in [-0.1, -0.05) is 26.5 Å². The molecule has 0 rings (SSSR count). The van der Waals surface area contributed by atoms with Gasteiger partial charge in [-0.2, -0.15) is 0 Å². The number of nitrogens with two attached hydrogens (primary N) is 1. The standard InChI is InChI=1S/C8H15N/c1-4-5-8(9)6-7(2)3/h4-5,7H,1,6,9H2,2-3H3/b8-5+. The van der Waals surface area contributed by atoms with Crippen molar-refractivity contribution in [1.82, 2.24) is 0 Å². The first kappa shape index (κ1) is 8.28. The molecule has 0 heterocycles. The second-order valence-electron chi connectivity index (χ2n) is 2.58. The van der Waals surface area contributed by atoms with Gasteiger partial charge in [0.1, 0.15) is 0 Å². The van der Waals surface area contributed by atoms with Crippen LogP contribution in [0.2, 0.25) is 0 Å². The van der Waals surface area contributed by atoms with Crippen molar-refractivity contribution in [2.45, 2.75) is 20.3 Å². The van der Waals surface area contributed by atoms with Gasteiger partial charge < -0.3 is 5.73 Å². The molecule has 0 spiro atoms. The number of hydrogen-bond donors (Lipinski definition) is 1. The zero-order valence-electron chi connectivity index (χ0n) is 6.22. The van der Waals surface area contributed by atoms with E-state index in [9.17, 15) is 0 Å². The van der Waals surface area contributed by atoms with E-state index in [4.69, 9.17) is 5.73 Å². The van der Waals surface area contributed by atoms with Crippen LogP contribution in [-0.2, 0) is 0 Å². The summed E-state index contributed by atoms with van der Waals surface area (Å²) >= 11 is 0. The Hall–Kier alpha value is -0.720. The molecule has 0 fully saturated rings. The summed E-state index contributed by atoms with van der Waals surface area (Å²) in [5.74, 6) is 0.640. The van der Waals surface area contributed by atoms with Crippen LogP contribution in [0.5, 0.6) is 0 Å². The zero-order chi connectivity index (χ0) is 7.28. The SMILES string of the molecule is C=C/C=C(/N)CC(C)C. The van der Waals surface area contributed by atoms with Crippen molar-refractivity contribution < 1.29 is 0 Å². The molecule has 0 aliphatic rings. The molecule has 0 aromatic heterocycles. The van der Waals surface area contributed by atoms with Gasteiger partial charge >= 0.3 is 0 Å². The first-order valence-corrected chi connectivity index (χ1v) is 3.24. The molecule has 0 atom stereocenters. The first-order valence-electron chi connectivity index (χ1n) is 3.24. The Morgan fingerprint density at radius 1 is 1.67 bits per heavy atom. The Kier molecular flexibility index (Phi) is 3.85. The molecule has 0 saturated carbocycles. The lowest BCUT2D eigenvalue weighted by molar-refractivity contribution is 0.638. The fourth-order valence-electron chi connectivity index (χ4n) is 0.691. The van der Waals surface area contributed by atoms with E-state index in [2.05, 4.69) is 20.4 Å². The Balaban J connectivity index is 3.61. The van der Waals surface area contributed by atoms with Crippen LogP contribution in [0.15, 0.2) is 24.4 Å². The molecule has 0 aromatic carbocycles. The third-order valence-electron chi connectivity index (χ3n) is 0.976. The minimum atomic E-state index is 0.640. The van der Waals surface area contributed by atoms with Crippen molar-refractivity contribution in [2.75, 3.05) is 0 Å². The van der Waals surface area contributed by atoms with Gasteiger partial charge in [-0.3, -0.25) is 0 Å². The molecule has 2 N–H and O–H groups in total. The third kappa shape index (κ3) is 5.15. The van der Waals surface area contributed by atoms with Gasteiger partial charge in [0.15, 0.2) is 0 Å². The summed E-state index contributed by atoms with van der Waals surface area (Å²) < 4.78 is 0. The molecule has 0 aliphatic carbocycles. The molecule has 1 heteroatoms. The molecular formula is C8H15N. The Morgan fingerprint density at radius 3 is 2.56 bits per heavy atom. The molecule has 0 radical (unpaired) electrons. The molecule has 0 saturated heterocycles. The van der Waals surface area contributed by atoms with Gasteiger partial charge in [-0.15, -0.1) is 0 Å². The third-order valence-corrected chi connectivity index (χ3v) is 0.976. The molecule has 0 bridgehead atoms. The summed E-state index contributed by atoms with van der Waals surface area (Å²) in [5, 5.41) is 0. The fourth-order valence-corrected chi connectivity index (χ4v) is 0.691. The van der Waals surface area contributed by atoms with Crippen molar-refractivity contribution in [3.05, 3.63) is 24.4 Å². The Bertz CT molecular complexity index is 112. The van der Waals surface area contributed by atoms with Crippen molar-refractivity contribution in [3.63, 3.8) is 0 Å². The van der Waals surface area contributed by atoms with Crippen LogP contribution < -0.4 is 5.73 Å². The Morgan fingerprint density at radius 2 is 2.22 bits per heavy atom. The quantitative estimate of drug-likeness (QED) is 0.574. The van der Waals surface area contributed by atoms with E-state index < -0.39 is 0 Å². The highest BCUT2D eigenvalue weighted by molar-refractivity contribution is 5.06. The van der Waals surface area contributed by atoms with Crippen molar-refractivity contribution in [2.24, 2.45) is 11.7 Å². The maximum Gasteiger partial charge on any atom is 0.00828 e. The van der Waals surface area contributed by atoms with Crippen LogP contribution in [-0.4, -0.2) is 0 Å². The second kappa shape index (κ2) is 4.19. The Labute approximate surface area is 57.3 Å². The minimum Gasteiger partial charge on any atom is -0.402 e. The van der Waals surface area contributed by atoms with Crippen LogP contribution in [0.25, 0.3) is 0 Å². The largest absolute Gasteiger partial charge is 0.402 e. The molecule has 0 aromatic rings. The van der Waals surface area contributed by atoms with Gasteiger partial charge in [0.2, 0.25) is 0 Å². The lowest BCUT2D eigenvalue weighted by atomic mass is 10.1. The smallest absolute Gasteiger partial charge is 0.00828 e. The lowest BCUT2D eigenvalue weighted by Gasteiger charge is -2.02. The van der Waals surface area contributed by atoms with Crippen LogP contribution in [0.1, 0.15) is 20.3 Å². The van der Waals surface area contributed by atoms with E-state index in [0.717, 1.165) is 12.1 Å². The molecule has 52 valence electrons. The average Bonchev–Trinajstić information content (AvgIpc) is 1.63. The molecule has 9 heavy (non-hydrogen) atoms. The van der Waals surface area contributed by atoms with Gasteiger partial charge in [-0.25, -0.2) is 0 Å². The fraction of sp³-hybridized carbons (Fsp3) is 0.500. The summed E-state index contributed by atoms with van der Waals surface area (Å²) in [4.78, 5) is 0. The van der Waals surface area contributed by atoms with Crippen LogP contribution in [0.4, 0.5) is 0 Å². The topological polar surface area (TPSA) is 26.0 Å². The average molecular weight is 125 g/mol. The van der Waals surface area contributed by atoms with Crippen LogP contribution >= 0.6 is 0 Å². The second-order valence-corrected chi connectivity index (χ2v) is 2.58. The van der Waals surface area contributed by atoms with E-state index in [1.165, 1.54) is 0 Å². The van der Waals surface area contributed by atoms with E-state index in [0.29, 0.717) is 5.92 Å². The van der Waals surface area contributed by atoms with Gasteiger partial charge in [0.05, 0.1) is 0 Å². The molecule has 0 unspecified atom stereocenters. The van der Waals surface area contributed by atoms with E-state index in [1.807, 2.05) is 6.08 Å². The zero-order valence-corrected chi connectivity index (χ0v) is 6.22. The summed E-state index contributed by atoms with van der Waals surface area (Å²) in [7, 11) is 0. The highest BCUT2D eigenvalue weighted by Crippen LogP contribution is 2.04. The summed E-state index contributed by atoms with van der Waals surface area (Å²) in [6.45, 7) is 7.84. The van der Waals surface area contributed by atoms with Crippen LogP contribution in [0.3, 0.4) is 0 Å². The summed E-state index contributed by atoms with van der Waals surface area (Å²) in [6.07, 6.45) is 4.53. The van der Waals surface area contributed by atoms with Crippen molar-refractivity contribution in [1.29, 1.82) is 0 Å². The maximum absolute atomic E-state index is 5.58. The molecule has 0 aliphatic heterocycles. The monoisotopic (exact) mass is 125 g/mol. The van der Waals surface area contributed by atoms with Crippen molar-refractivity contribution >= 4 is 0 Å². The lowest BCUT2D eigenvalue weighted by Crippen LogP contribution is -2.00. The van der Waals surface area contributed by atoms with Crippen LogP contribution in [0, 0.1) is 5.92 Å². The molecule has 1 nitrogen and oxygen atoms in total. The van der Waals surface area contributed by atoms with E-state index in [-0.39, 0.29) is 0 Å². The number of hydrogen-bond acceptors (Lipinski definition) is 1. The predicted molar refractivity (Wildman–Crippen MR) is 41.9 cm³/mol. The van der Waals surface area contributed by atoms with Crippen molar-refractivity contribution in [3.8, 4) is 0 Å². The first-order chi connectivity index (χ1) is 4.16. The maximum atomic E-state index is 5.58. The summed E-state index contributed by atoms with van der Waals surface area (Å²) in [5.41, 5.74) is 6.49. The van der Waals surface area contributed by atoms with E-state index >= 15 is 0 Å². The molecule has 0 amide bonds. The minimum absolute atomic E-state index is 0.640. The number of allylic oxidation sites excluding steroid dienone is 3. The highest BCUT2D eigenvalue weighted by Gasteiger charge is 1.93.